The van der Waals surface area contributed by atoms with Crippen molar-refractivity contribution in [3.8, 4) is 0 Å². The fourth-order valence-corrected chi connectivity index (χ4v) is 4.36. The van der Waals surface area contributed by atoms with Gasteiger partial charge in [-0.25, -0.2) is 4.98 Å². The van der Waals surface area contributed by atoms with Crippen LogP contribution in [0.4, 0.5) is 5.69 Å². The summed E-state index contributed by atoms with van der Waals surface area (Å²) in [5, 5.41) is 11.9. The van der Waals surface area contributed by atoms with E-state index in [-0.39, 0.29) is 12.3 Å². The molecule has 1 fully saturated rings. The molecule has 1 aliphatic carbocycles. The third-order valence-corrected chi connectivity index (χ3v) is 5.87. The molecule has 0 atom stereocenters. The molecule has 4 rings (SSSR count). The number of aliphatic carboxylic acids is 1. The molecule has 2 heterocycles. The van der Waals surface area contributed by atoms with E-state index in [9.17, 15) is 9.59 Å². The molecule has 6 heteroatoms. The molecule has 1 aliphatic rings. The van der Waals surface area contributed by atoms with Crippen LogP contribution in [0, 0.1) is 12.8 Å². The molecule has 0 spiro atoms. The van der Waals surface area contributed by atoms with Gasteiger partial charge in [-0.1, -0.05) is 18.2 Å². The molecule has 2 aromatic heterocycles. The number of imidazole rings is 1. The van der Waals surface area contributed by atoms with E-state index >= 15 is 0 Å². The number of carboxylic acid groups (broad SMARTS) is 1. The minimum absolute atomic E-state index is 0.178. The summed E-state index contributed by atoms with van der Waals surface area (Å²) in [6.07, 6.45) is 6.08. The van der Waals surface area contributed by atoms with Gasteiger partial charge in [-0.2, -0.15) is 0 Å². The Morgan fingerprint density at radius 2 is 1.83 bits per heavy atom. The highest BCUT2D eigenvalue weighted by Gasteiger charge is 2.24. The van der Waals surface area contributed by atoms with Gasteiger partial charge in [0.1, 0.15) is 11.3 Å². The van der Waals surface area contributed by atoms with Gasteiger partial charge in [0, 0.05) is 18.3 Å². The SMILES string of the molecule is Cc1nc2ccccn2c1C(=O)Nc1ccc([C@H]2CC[C@H](CC(=O)O)CC2)cc1. The van der Waals surface area contributed by atoms with Crippen molar-refractivity contribution in [3.05, 3.63) is 65.6 Å². The van der Waals surface area contributed by atoms with Crippen molar-refractivity contribution >= 4 is 23.2 Å². The fourth-order valence-electron chi connectivity index (χ4n) is 4.36. The average molecular weight is 391 g/mol. The molecule has 29 heavy (non-hydrogen) atoms. The van der Waals surface area contributed by atoms with Crippen LogP contribution in [-0.4, -0.2) is 26.4 Å². The standard InChI is InChI=1S/C23H25N3O3/c1-15-22(26-13-3-2-4-20(26)24-15)23(29)25-19-11-9-18(10-12-19)17-7-5-16(6-8-17)14-21(27)28/h2-4,9-13,16-17H,5-8,14H2,1H3,(H,25,29)(H,27,28)/t16-,17-. The lowest BCUT2D eigenvalue weighted by molar-refractivity contribution is -0.138. The molecule has 1 amide bonds. The summed E-state index contributed by atoms with van der Waals surface area (Å²) < 4.78 is 1.80. The summed E-state index contributed by atoms with van der Waals surface area (Å²) in [5.74, 6) is -0.111. The van der Waals surface area contributed by atoms with Crippen LogP contribution in [0.25, 0.3) is 5.65 Å². The van der Waals surface area contributed by atoms with Crippen molar-refractivity contribution < 1.29 is 14.7 Å². The number of nitrogens with zero attached hydrogens (tertiary/aromatic N) is 2. The topological polar surface area (TPSA) is 83.7 Å². The second-order valence-electron chi connectivity index (χ2n) is 7.87. The molecule has 0 saturated heterocycles. The molecule has 0 unspecified atom stereocenters. The molecule has 6 nitrogen and oxygen atoms in total. The molecule has 3 aromatic rings. The van der Waals surface area contributed by atoms with Gasteiger partial charge >= 0.3 is 5.97 Å². The number of rotatable bonds is 5. The van der Waals surface area contributed by atoms with Crippen LogP contribution in [0.15, 0.2) is 48.7 Å². The summed E-state index contributed by atoms with van der Waals surface area (Å²) in [5.41, 5.74) is 4.00. The maximum Gasteiger partial charge on any atom is 0.303 e. The number of aromatic nitrogens is 2. The quantitative estimate of drug-likeness (QED) is 0.663. The Morgan fingerprint density at radius 3 is 2.52 bits per heavy atom. The summed E-state index contributed by atoms with van der Waals surface area (Å²) in [7, 11) is 0. The first-order valence-electron chi connectivity index (χ1n) is 10.1. The second-order valence-corrected chi connectivity index (χ2v) is 7.87. The zero-order valence-corrected chi connectivity index (χ0v) is 16.5. The minimum Gasteiger partial charge on any atom is -0.481 e. The first-order valence-corrected chi connectivity index (χ1v) is 10.1. The Balaban J connectivity index is 1.41. The van der Waals surface area contributed by atoms with Crippen molar-refractivity contribution in [1.29, 1.82) is 0 Å². The molecule has 150 valence electrons. The van der Waals surface area contributed by atoms with Crippen LogP contribution in [0.3, 0.4) is 0 Å². The number of aryl methyl sites for hydroxylation is 1. The van der Waals surface area contributed by atoms with E-state index in [4.69, 9.17) is 5.11 Å². The van der Waals surface area contributed by atoms with Crippen LogP contribution in [0.2, 0.25) is 0 Å². The Bertz CT molecular complexity index is 1030. The number of pyridine rings is 1. The van der Waals surface area contributed by atoms with E-state index in [1.54, 1.807) is 4.40 Å². The molecular formula is C23H25N3O3. The molecule has 1 saturated carbocycles. The number of carbonyl (C=O) groups excluding carboxylic acids is 1. The number of anilines is 1. The number of carboxylic acids is 1. The van der Waals surface area contributed by atoms with Crippen LogP contribution >= 0.6 is 0 Å². The maximum absolute atomic E-state index is 12.8. The number of benzene rings is 1. The zero-order chi connectivity index (χ0) is 20.4. The fraction of sp³-hybridized carbons (Fsp3) is 0.348. The van der Waals surface area contributed by atoms with Crippen molar-refractivity contribution in [2.75, 3.05) is 5.32 Å². The van der Waals surface area contributed by atoms with Crippen LogP contribution < -0.4 is 5.32 Å². The number of amides is 1. The van der Waals surface area contributed by atoms with Gasteiger partial charge in [-0.3, -0.25) is 14.0 Å². The minimum atomic E-state index is -0.699. The summed E-state index contributed by atoms with van der Waals surface area (Å²) >= 11 is 0. The van der Waals surface area contributed by atoms with Crippen molar-refractivity contribution in [1.82, 2.24) is 9.38 Å². The summed E-state index contributed by atoms with van der Waals surface area (Å²) in [4.78, 5) is 28.1. The average Bonchev–Trinajstić information content (AvgIpc) is 3.04. The highest BCUT2D eigenvalue weighted by Crippen LogP contribution is 2.37. The summed E-state index contributed by atoms with van der Waals surface area (Å²) in [6, 6.07) is 13.7. The van der Waals surface area contributed by atoms with E-state index in [2.05, 4.69) is 22.4 Å². The van der Waals surface area contributed by atoms with Gasteiger partial charge in [-0.05, 0) is 74.3 Å². The maximum atomic E-state index is 12.8. The lowest BCUT2D eigenvalue weighted by Gasteiger charge is -2.28. The highest BCUT2D eigenvalue weighted by atomic mass is 16.4. The first kappa shape index (κ1) is 19.2. The number of fused-ring (bicyclic) bond motifs is 1. The Morgan fingerprint density at radius 1 is 1.10 bits per heavy atom. The second kappa shape index (κ2) is 8.07. The van der Waals surface area contributed by atoms with Gasteiger partial charge in [0.15, 0.2) is 0 Å². The highest BCUT2D eigenvalue weighted by molar-refractivity contribution is 6.04. The molecule has 0 radical (unpaired) electrons. The molecule has 0 aliphatic heterocycles. The van der Waals surface area contributed by atoms with Gasteiger partial charge in [0.2, 0.25) is 0 Å². The first-order chi connectivity index (χ1) is 14.0. The smallest absolute Gasteiger partial charge is 0.303 e. The van der Waals surface area contributed by atoms with Gasteiger partial charge in [-0.15, -0.1) is 0 Å². The van der Waals surface area contributed by atoms with Gasteiger partial charge in [0.05, 0.1) is 5.69 Å². The van der Waals surface area contributed by atoms with Gasteiger partial charge in [0.25, 0.3) is 5.91 Å². The lowest BCUT2D eigenvalue weighted by atomic mass is 9.77. The van der Waals surface area contributed by atoms with E-state index in [0.29, 0.717) is 23.2 Å². The lowest BCUT2D eigenvalue weighted by Crippen LogP contribution is -2.17. The van der Waals surface area contributed by atoms with Crippen molar-refractivity contribution in [2.45, 2.75) is 44.9 Å². The largest absolute Gasteiger partial charge is 0.481 e. The molecule has 1 aromatic carbocycles. The Labute approximate surface area is 169 Å². The number of hydrogen-bond acceptors (Lipinski definition) is 3. The molecule has 2 N–H and O–H groups in total. The van der Waals surface area contributed by atoms with Gasteiger partial charge < -0.3 is 10.4 Å². The summed E-state index contributed by atoms with van der Waals surface area (Å²) in [6.45, 7) is 1.84. The van der Waals surface area contributed by atoms with Crippen LogP contribution in [0.1, 0.15) is 59.8 Å². The van der Waals surface area contributed by atoms with Crippen molar-refractivity contribution in [3.63, 3.8) is 0 Å². The van der Waals surface area contributed by atoms with E-state index in [1.807, 2.05) is 43.5 Å². The third kappa shape index (κ3) is 4.16. The van der Waals surface area contributed by atoms with Crippen LogP contribution in [0.5, 0.6) is 0 Å². The van der Waals surface area contributed by atoms with E-state index < -0.39 is 5.97 Å². The predicted molar refractivity (Wildman–Crippen MR) is 111 cm³/mol. The molecular weight excluding hydrogens is 366 g/mol. The predicted octanol–water partition coefficient (Wildman–Crippen LogP) is 4.64. The zero-order valence-electron chi connectivity index (χ0n) is 16.5. The van der Waals surface area contributed by atoms with E-state index in [1.165, 1.54) is 5.56 Å². The number of hydrogen-bond donors (Lipinski definition) is 2. The third-order valence-electron chi connectivity index (χ3n) is 5.87. The van der Waals surface area contributed by atoms with Crippen molar-refractivity contribution in [2.24, 2.45) is 5.92 Å². The van der Waals surface area contributed by atoms with E-state index in [0.717, 1.165) is 37.0 Å². The Kier molecular flexibility index (Phi) is 5.34. The Hall–Kier alpha value is -3.15. The monoisotopic (exact) mass is 391 g/mol. The normalized spacial score (nSPS) is 19.2. The molecule has 0 bridgehead atoms. The number of nitrogens with one attached hydrogen (secondary N) is 1. The van der Waals surface area contributed by atoms with Crippen LogP contribution in [-0.2, 0) is 4.79 Å². The number of carbonyl (C=O) groups is 2.